The molecule has 0 aliphatic rings. The van der Waals surface area contributed by atoms with Gasteiger partial charge >= 0.3 is 0 Å². The molecule has 1 aromatic heterocycles. The summed E-state index contributed by atoms with van der Waals surface area (Å²) in [4.78, 5) is 4.21. The zero-order chi connectivity index (χ0) is 10.3. The summed E-state index contributed by atoms with van der Waals surface area (Å²) in [7, 11) is 0. The predicted octanol–water partition coefficient (Wildman–Crippen LogP) is 3.24. The molecule has 0 aliphatic carbocycles. The van der Waals surface area contributed by atoms with E-state index in [1.165, 1.54) is 5.56 Å². The van der Waals surface area contributed by atoms with Crippen molar-refractivity contribution in [2.45, 2.75) is 40.7 Å². The fourth-order valence-electron chi connectivity index (χ4n) is 0.849. The number of aryl methyl sites for hydroxylation is 1. The minimum absolute atomic E-state index is 0.449. The van der Waals surface area contributed by atoms with Crippen LogP contribution in [0.1, 0.15) is 33.3 Å². The highest BCUT2D eigenvalue weighted by molar-refractivity contribution is 5.35. The average Bonchev–Trinajstić information content (AvgIpc) is 2.12. The molecule has 1 aromatic rings. The third-order valence-electron chi connectivity index (χ3n) is 1.35. The standard InChI is InChI=1S/C9H14N2.C2H6/c1-7(2)11-9-5-4-8(3)6-10-9;1-2/h4-7H,1-3H3,(H,10,11);1-2H3. The largest absolute Gasteiger partial charge is 0.368 e. The Balaban J connectivity index is 0.000000671. The number of hydrogen-bond acceptors (Lipinski definition) is 2. The molecule has 0 spiro atoms. The second kappa shape index (κ2) is 6.46. The van der Waals surface area contributed by atoms with Crippen LogP contribution in [0.5, 0.6) is 0 Å². The zero-order valence-corrected chi connectivity index (χ0v) is 9.26. The predicted molar refractivity (Wildman–Crippen MR) is 59.1 cm³/mol. The minimum Gasteiger partial charge on any atom is -0.368 e. The maximum atomic E-state index is 4.21. The first-order valence-electron chi connectivity index (χ1n) is 4.87. The van der Waals surface area contributed by atoms with Crippen LogP contribution in [0.25, 0.3) is 0 Å². The molecule has 0 saturated carbocycles. The fraction of sp³-hybridized carbons (Fsp3) is 0.545. The van der Waals surface area contributed by atoms with E-state index in [-0.39, 0.29) is 0 Å². The number of nitrogens with zero attached hydrogens (tertiary/aromatic N) is 1. The lowest BCUT2D eigenvalue weighted by atomic mass is 10.3. The molecule has 0 bridgehead atoms. The highest BCUT2D eigenvalue weighted by atomic mass is 15.0. The second-order valence-corrected chi connectivity index (χ2v) is 3.02. The van der Waals surface area contributed by atoms with Crippen LogP contribution in [0.15, 0.2) is 18.3 Å². The van der Waals surface area contributed by atoms with Crippen LogP contribution in [0.3, 0.4) is 0 Å². The Labute approximate surface area is 81.4 Å². The first kappa shape index (κ1) is 11.9. The highest BCUT2D eigenvalue weighted by Gasteiger charge is 1.94. The van der Waals surface area contributed by atoms with Gasteiger partial charge in [0.05, 0.1) is 0 Å². The van der Waals surface area contributed by atoms with Gasteiger partial charge in [-0.25, -0.2) is 4.98 Å². The van der Waals surface area contributed by atoms with Gasteiger partial charge in [-0.1, -0.05) is 19.9 Å². The molecule has 0 radical (unpaired) electrons. The van der Waals surface area contributed by atoms with Crippen molar-refractivity contribution in [1.29, 1.82) is 0 Å². The molecule has 0 aliphatic heterocycles. The topological polar surface area (TPSA) is 24.9 Å². The lowest BCUT2D eigenvalue weighted by molar-refractivity contribution is 0.888. The van der Waals surface area contributed by atoms with Crippen molar-refractivity contribution in [3.63, 3.8) is 0 Å². The molecule has 0 atom stereocenters. The van der Waals surface area contributed by atoms with Gasteiger partial charge in [0.2, 0.25) is 0 Å². The summed E-state index contributed by atoms with van der Waals surface area (Å²) in [5.74, 6) is 0.950. The lowest BCUT2D eigenvalue weighted by Crippen LogP contribution is -2.10. The van der Waals surface area contributed by atoms with E-state index in [1.54, 1.807) is 0 Å². The van der Waals surface area contributed by atoms with Crippen molar-refractivity contribution in [3.8, 4) is 0 Å². The van der Waals surface area contributed by atoms with Crippen molar-refractivity contribution in [2.24, 2.45) is 0 Å². The van der Waals surface area contributed by atoms with Gasteiger partial charge in [0.15, 0.2) is 0 Å². The quantitative estimate of drug-likeness (QED) is 0.755. The van der Waals surface area contributed by atoms with Crippen LogP contribution in [-0.2, 0) is 0 Å². The molecule has 1 heterocycles. The van der Waals surface area contributed by atoms with Crippen molar-refractivity contribution < 1.29 is 0 Å². The Bertz CT molecular complexity index is 214. The van der Waals surface area contributed by atoms with E-state index in [1.807, 2.05) is 33.0 Å². The van der Waals surface area contributed by atoms with Gasteiger partial charge in [0.1, 0.15) is 5.82 Å². The third kappa shape index (κ3) is 5.23. The van der Waals surface area contributed by atoms with Gasteiger partial charge in [-0.05, 0) is 32.4 Å². The molecule has 1 rings (SSSR count). The van der Waals surface area contributed by atoms with Crippen LogP contribution < -0.4 is 5.32 Å². The normalized spacial score (nSPS) is 9.08. The number of pyridine rings is 1. The van der Waals surface area contributed by atoms with E-state index >= 15 is 0 Å². The Hall–Kier alpha value is -1.05. The van der Waals surface area contributed by atoms with Crippen molar-refractivity contribution in [2.75, 3.05) is 5.32 Å². The van der Waals surface area contributed by atoms with Crippen molar-refractivity contribution in [3.05, 3.63) is 23.9 Å². The van der Waals surface area contributed by atoms with Gasteiger partial charge in [-0.3, -0.25) is 0 Å². The lowest BCUT2D eigenvalue weighted by Gasteiger charge is -2.07. The molecular formula is C11H20N2. The van der Waals surface area contributed by atoms with E-state index < -0.39 is 0 Å². The Kier molecular flexibility index (Phi) is 5.94. The van der Waals surface area contributed by atoms with E-state index in [0.29, 0.717) is 6.04 Å². The summed E-state index contributed by atoms with van der Waals surface area (Å²) in [5, 5.41) is 3.22. The summed E-state index contributed by atoms with van der Waals surface area (Å²) in [5.41, 5.74) is 1.19. The molecule has 0 saturated heterocycles. The number of hydrogen-bond donors (Lipinski definition) is 1. The maximum Gasteiger partial charge on any atom is 0.126 e. The summed E-state index contributed by atoms with van der Waals surface area (Å²) < 4.78 is 0. The first-order chi connectivity index (χ1) is 6.18. The summed E-state index contributed by atoms with van der Waals surface area (Å²) >= 11 is 0. The van der Waals surface area contributed by atoms with Gasteiger partial charge in [-0.15, -0.1) is 0 Å². The summed E-state index contributed by atoms with van der Waals surface area (Å²) in [6.07, 6.45) is 1.87. The molecule has 0 unspecified atom stereocenters. The Morgan fingerprint density at radius 2 is 1.85 bits per heavy atom. The maximum absolute atomic E-state index is 4.21. The number of rotatable bonds is 2. The molecule has 74 valence electrons. The van der Waals surface area contributed by atoms with Crippen LogP contribution in [0.4, 0.5) is 5.82 Å². The Morgan fingerprint density at radius 3 is 2.23 bits per heavy atom. The number of aromatic nitrogens is 1. The molecule has 13 heavy (non-hydrogen) atoms. The molecule has 2 nitrogen and oxygen atoms in total. The second-order valence-electron chi connectivity index (χ2n) is 3.02. The SMILES string of the molecule is CC.Cc1ccc(NC(C)C)nc1. The van der Waals surface area contributed by atoms with Crippen LogP contribution in [-0.4, -0.2) is 11.0 Å². The van der Waals surface area contributed by atoms with E-state index in [9.17, 15) is 0 Å². The number of anilines is 1. The highest BCUT2D eigenvalue weighted by Crippen LogP contribution is 2.04. The summed E-state index contributed by atoms with van der Waals surface area (Å²) in [6.45, 7) is 10.2. The van der Waals surface area contributed by atoms with Crippen LogP contribution in [0.2, 0.25) is 0 Å². The molecule has 0 aromatic carbocycles. The van der Waals surface area contributed by atoms with E-state index in [4.69, 9.17) is 0 Å². The van der Waals surface area contributed by atoms with Crippen molar-refractivity contribution in [1.82, 2.24) is 4.98 Å². The molecular weight excluding hydrogens is 160 g/mol. The van der Waals surface area contributed by atoms with Gasteiger partial charge in [0.25, 0.3) is 0 Å². The minimum atomic E-state index is 0.449. The Morgan fingerprint density at radius 1 is 1.23 bits per heavy atom. The molecule has 1 N–H and O–H groups in total. The van der Waals surface area contributed by atoms with Crippen molar-refractivity contribution >= 4 is 5.82 Å². The average molecular weight is 180 g/mol. The smallest absolute Gasteiger partial charge is 0.126 e. The van der Waals surface area contributed by atoms with Gasteiger partial charge < -0.3 is 5.32 Å². The fourth-order valence-corrected chi connectivity index (χ4v) is 0.849. The molecule has 2 heteroatoms. The zero-order valence-electron chi connectivity index (χ0n) is 9.26. The molecule has 0 amide bonds. The van der Waals surface area contributed by atoms with Gasteiger partial charge in [-0.2, -0.15) is 0 Å². The van der Waals surface area contributed by atoms with Gasteiger partial charge in [0, 0.05) is 12.2 Å². The summed E-state index contributed by atoms with van der Waals surface area (Å²) in [6, 6.07) is 4.50. The molecule has 0 fully saturated rings. The number of nitrogens with one attached hydrogen (secondary N) is 1. The van der Waals surface area contributed by atoms with Crippen LogP contribution in [0, 0.1) is 6.92 Å². The van der Waals surface area contributed by atoms with E-state index in [2.05, 4.69) is 30.2 Å². The van der Waals surface area contributed by atoms with Crippen LogP contribution >= 0.6 is 0 Å². The van der Waals surface area contributed by atoms with E-state index in [0.717, 1.165) is 5.82 Å². The third-order valence-corrected chi connectivity index (χ3v) is 1.35. The monoisotopic (exact) mass is 180 g/mol. The first-order valence-corrected chi connectivity index (χ1v) is 4.87.